The van der Waals surface area contributed by atoms with Crippen molar-refractivity contribution in [2.75, 3.05) is 27.4 Å². The van der Waals surface area contributed by atoms with E-state index in [0.29, 0.717) is 36.4 Å². The number of aromatic amines is 1. The first-order valence-electron chi connectivity index (χ1n) is 9.85. The summed E-state index contributed by atoms with van der Waals surface area (Å²) >= 11 is 5.67. The Morgan fingerprint density at radius 2 is 2.04 bits per heavy atom. The lowest BCUT2D eigenvalue weighted by Crippen LogP contribution is -2.47. The van der Waals surface area contributed by atoms with Gasteiger partial charge in [0.15, 0.2) is 5.11 Å². The molecule has 0 atom stereocenters. The van der Waals surface area contributed by atoms with E-state index in [0.717, 1.165) is 29.5 Å². The summed E-state index contributed by atoms with van der Waals surface area (Å²) in [5.41, 5.74) is 1.44. The second-order valence-electron chi connectivity index (χ2n) is 7.22. The fourth-order valence-corrected chi connectivity index (χ4v) is 4.09. The molecule has 1 aromatic heterocycles. The monoisotopic (exact) mass is 403 g/mol. The lowest BCUT2D eigenvalue weighted by atomic mass is 9.94. The van der Waals surface area contributed by atoms with Crippen LogP contribution in [0.5, 0.6) is 5.75 Å². The lowest BCUT2D eigenvalue weighted by Gasteiger charge is -2.36. The van der Waals surface area contributed by atoms with E-state index in [2.05, 4.69) is 15.2 Å². The van der Waals surface area contributed by atoms with E-state index in [1.165, 1.54) is 19.3 Å². The predicted octanol–water partition coefficient (Wildman–Crippen LogP) is 3.19. The maximum atomic E-state index is 12.7. The third-order valence-corrected chi connectivity index (χ3v) is 5.71. The Morgan fingerprint density at radius 1 is 1.25 bits per heavy atom. The summed E-state index contributed by atoms with van der Waals surface area (Å²) in [6.07, 6.45) is 5.88. The number of pyridine rings is 1. The molecular formula is C21H29N3O3S. The zero-order valence-corrected chi connectivity index (χ0v) is 17.4. The molecule has 1 heterocycles. The number of benzene rings is 1. The Balaban J connectivity index is 1.86. The highest BCUT2D eigenvalue weighted by molar-refractivity contribution is 7.80. The second kappa shape index (κ2) is 9.89. The Labute approximate surface area is 171 Å². The van der Waals surface area contributed by atoms with Crippen molar-refractivity contribution in [3.05, 3.63) is 40.2 Å². The maximum Gasteiger partial charge on any atom is 0.253 e. The van der Waals surface area contributed by atoms with E-state index in [-0.39, 0.29) is 5.56 Å². The lowest BCUT2D eigenvalue weighted by molar-refractivity contribution is 0.199. The molecule has 28 heavy (non-hydrogen) atoms. The summed E-state index contributed by atoms with van der Waals surface area (Å²) in [5, 5.41) is 4.92. The molecule has 0 aliphatic heterocycles. The van der Waals surface area contributed by atoms with E-state index in [1.54, 1.807) is 14.2 Å². The third-order valence-electron chi connectivity index (χ3n) is 5.33. The highest BCUT2D eigenvalue weighted by Gasteiger charge is 2.24. The van der Waals surface area contributed by atoms with Crippen molar-refractivity contribution >= 4 is 28.2 Å². The number of nitrogens with one attached hydrogen (secondary N) is 2. The van der Waals surface area contributed by atoms with Crippen LogP contribution in [0, 0.1) is 0 Å². The van der Waals surface area contributed by atoms with Gasteiger partial charge in [0.2, 0.25) is 0 Å². The molecule has 0 radical (unpaired) electrons. The molecule has 1 aliphatic carbocycles. The van der Waals surface area contributed by atoms with Crippen LogP contribution in [0.2, 0.25) is 0 Å². The maximum absolute atomic E-state index is 12.7. The summed E-state index contributed by atoms with van der Waals surface area (Å²) in [7, 11) is 3.31. The summed E-state index contributed by atoms with van der Waals surface area (Å²) in [4.78, 5) is 17.9. The first-order valence-corrected chi connectivity index (χ1v) is 10.3. The first-order chi connectivity index (χ1) is 13.6. The molecule has 0 amide bonds. The molecule has 6 nitrogen and oxygen atoms in total. The van der Waals surface area contributed by atoms with Gasteiger partial charge in [0.05, 0.1) is 20.3 Å². The van der Waals surface area contributed by atoms with Crippen molar-refractivity contribution in [3.63, 3.8) is 0 Å². The van der Waals surface area contributed by atoms with E-state index >= 15 is 0 Å². The molecule has 0 unspecified atom stereocenters. The topological polar surface area (TPSA) is 66.6 Å². The van der Waals surface area contributed by atoms with E-state index < -0.39 is 0 Å². The van der Waals surface area contributed by atoms with Gasteiger partial charge in [-0.1, -0.05) is 19.3 Å². The number of H-pyrrole nitrogens is 1. The highest BCUT2D eigenvalue weighted by Crippen LogP contribution is 2.25. The van der Waals surface area contributed by atoms with Gasteiger partial charge in [-0.25, -0.2) is 0 Å². The van der Waals surface area contributed by atoms with Gasteiger partial charge in [0.25, 0.3) is 5.56 Å². The largest absolute Gasteiger partial charge is 0.497 e. The predicted molar refractivity (Wildman–Crippen MR) is 116 cm³/mol. The van der Waals surface area contributed by atoms with Gasteiger partial charge in [-0.15, -0.1) is 0 Å². The molecule has 2 N–H and O–H groups in total. The third kappa shape index (κ3) is 5.02. The van der Waals surface area contributed by atoms with E-state index in [4.69, 9.17) is 21.7 Å². The highest BCUT2D eigenvalue weighted by atomic mass is 32.1. The normalized spacial score (nSPS) is 14.8. The van der Waals surface area contributed by atoms with Crippen LogP contribution >= 0.6 is 12.2 Å². The van der Waals surface area contributed by atoms with Crippen LogP contribution in [0.25, 0.3) is 10.9 Å². The zero-order chi connectivity index (χ0) is 19.9. The molecule has 1 fully saturated rings. The zero-order valence-electron chi connectivity index (χ0n) is 16.6. The van der Waals surface area contributed by atoms with Crippen LogP contribution in [-0.2, 0) is 11.3 Å². The number of nitrogens with zero attached hydrogens (tertiary/aromatic N) is 1. The second-order valence-corrected chi connectivity index (χ2v) is 7.61. The van der Waals surface area contributed by atoms with E-state index in [1.807, 2.05) is 24.3 Å². The van der Waals surface area contributed by atoms with Crippen molar-refractivity contribution in [1.29, 1.82) is 0 Å². The van der Waals surface area contributed by atoms with Gasteiger partial charge >= 0.3 is 0 Å². The molecule has 0 bridgehead atoms. The fraction of sp³-hybridized carbons (Fsp3) is 0.524. The van der Waals surface area contributed by atoms with Crippen LogP contribution in [0.1, 0.15) is 37.7 Å². The standard InChI is InChI=1S/C21H29N3O3S/c1-26-11-10-22-21(28)24(17-6-4-3-5-7-17)14-16-12-15-13-18(27-2)8-9-19(15)23-20(16)25/h8-9,12-13,17H,3-7,10-11,14H2,1-2H3,(H,22,28)(H,23,25). The minimum Gasteiger partial charge on any atom is -0.497 e. The molecule has 0 saturated heterocycles. The SMILES string of the molecule is COCCNC(=S)N(Cc1cc2cc(OC)ccc2[nH]c1=O)C1CCCCC1. The molecule has 152 valence electrons. The molecule has 1 aliphatic rings. The van der Waals surface area contributed by atoms with Crippen LogP contribution in [0.4, 0.5) is 0 Å². The summed E-state index contributed by atoms with van der Waals surface area (Å²) in [6, 6.07) is 7.96. The summed E-state index contributed by atoms with van der Waals surface area (Å²) < 4.78 is 10.4. The average molecular weight is 404 g/mol. The molecule has 7 heteroatoms. The van der Waals surface area contributed by atoms with Crippen molar-refractivity contribution in [1.82, 2.24) is 15.2 Å². The van der Waals surface area contributed by atoms with Gasteiger partial charge in [-0.2, -0.15) is 0 Å². The van der Waals surface area contributed by atoms with Gasteiger partial charge in [-0.05, 0) is 49.3 Å². The van der Waals surface area contributed by atoms with Crippen LogP contribution < -0.4 is 15.6 Å². The Hall–Kier alpha value is -2.12. The Kier molecular flexibility index (Phi) is 7.28. The Bertz CT molecular complexity index is 862. The smallest absolute Gasteiger partial charge is 0.253 e. The minimum absolute atomic E-state index is 0.0711. The van der Waals surface area contributed by atoms with Crippen LogP contribution in [-0.4, -0.2) is 48.4 Å². The molecule has 1 saturated carbocycles. The number of thiocarbonyl (C=S) groups is 1. The number of ether oxygens (including phenoxy) is 2. The Morgan fingerprint density at radius 3 is 2.75 bits per heavy atom. The van der Waals surface area contributed by atoms with Crippen LogP contribution in [0.15, 0.2) is 29.1 Å². The molecule has 2 aromatic rings. The first kappa shape index (κ1) is 20.6. The van der Waals surface area contributed by atoms with Crippen molar-refractivity contribution < 1.29 is 9.47 Å². The molecule has 3 rings (SSSR count). The van der Waals surface area contributed by atoms with Crippen molar-refractivity contribution in [2.45, 2.75) is 44.7 Å². The minimum atomic E-state index is -0.0711. The van der Waals surface area contributed by atoms with Gasteiger partial charge in [0, 0.05) is 36.2 Å². The number of rotatable bonds is 7. The van der Waals surface area contributed by atoms with E-state index in [9.17, 15) is 4.79 Å². The quantitative estimate of drug-likeness (QED) is 0.547. The number of fused-ring (bicyclic) bond motifs is 1. The number of hydrogen-bond acceptors (Lipinski definition) is 4. The van der Waals surface area contributed by atoms with Crippen molar-refractivity contribution in [3.8, 4) is 5.75 Å². The van der Waals surface area contributed by atoms with Gasteiger partial charge in [0.1, 0.15) is 5.75 Å². The molecular weight excluding hydrogens is 374 g/mol. The summed E-state index contributed by atoms with van der Waals surface area (Å²) in [5.74, 6) is 0.770. The number of hydrogen-bond donors (Lipinski definition) is 2. The summed E-state index contributed by atoms with van der Waals surface area (Å²) in [6.45, 7) is 1.74. The molecule has 0 spiro atoms. The van der Waals surface area contributed by atoms with Gasteiger partial charge < -0.3 is 24.7 Å². The number of aromatic nitrogens is 1. The molecule has 1 aromatic carbocycles. The van der Waals surface area contributed by atoms with Crippen molar-refractivity contribution in [2.24, 2.45) is 0 Å². The fourth-order valence-electron chi connectivity index (χ4n) is 3.78. The number of methoxy groups -OCH3 is 2. The average Bonchev–Trinajstić information content (AvgIpc) is 2.72. The van der Waals surface area contributed by atoms with Crippen LogP contribution in [0.3, 0.4) is 0 Å². The van der Waals surface area contributed by atoms with Gasteiger partial charge in [-0.3, -0.25) is 4.79 Å².